The highest BCUT2D eigenvalue weighted by molar-refractivity contribution is 6.10. The van der Waals surface area contributed by atoms with Crippen molar-refractivity contribution in [3.05, 3.63) is 71.8 Å². The minimum atomic E-state index is -5.08. The SMILES string of the molecule is COc1ccc2c(c1)C1(CC1c1ccc3c(-c4cccc(N5CCNCC5)c4)n[nH]c3c1)C(=O)N2.O=C(O)C(F)(F)F. The number of hydrogen-bond donors (Lipinski definition) is 4. The molecule has 0 radical (unpaired) electrons. The molecule has 2 atom stereocenters. The molecule has 12 heteroatoms. The summed E-state index contributed by atoms with van der Waals surface area (Å²) in [4.78, 5) is 24.3. The average molecular weight is 580 g/mol. The van der Waals surface area contributed by atoms with Crippen LogP contribution < -0.4 is 20.3 Å². The molecule has 2 aliphatic heterocycles. The zero-order valence-corrected chi connectivity index (χ0v) is 22.6. The molecule has 3 aromatic carbocycles. The van der Waals surface area contributed by atoms with Crippen molar-refractivity contribution in [1.29, 1.82) is 0 Å². The molecular weight excluding hydrogens is 551 g/mol. The largest absolute Gasteiger partial charge is 0.497 e. The molecule has 42 heavy (non-hydrogen) atoms. The van der Waals surface area contributed by atoms with Crippen molar-refractivity contribution in [2.45, 2.75) is 23.9 Å². The summed E-state index contributed by atoms with van der Waals surface area (Å²) in [6, 6.07) is 20.9. The summed E-state index contributed by atoms with van der Waals surface area (Å²) >= 11 is 0. The number of ether oxygens (including phenoxy) is 1. The maximum Gasteiger partial charge on any atom is 0.490 e. The number of fused-ring (bicyclic) bond motifs is 3. The molecule has 7 rings (SSSR count). The number of nitrogens with zero attached hydrogens (tertiary/aromatic N) is 2. The second-order valence-corrected chi connectivity index (χ2v) is 10.6. The fourth-order valence-electron chi connectivity index (χ4n) is 5.95. The predicted octanol–water partition coefficient (Wildman–Crippen LogP) is 4.66. The summed E-state index contributed by atoms with van der Waals surface area (Å²) in [5.41, 5.74) is 6.90. The first-order valence-corrected chi connectivity index (χ1v) is 13.5. The molecule has 1 aromatic heterocycles. The Hall–Kier alpha value is -4.58. The quantitative estimate of drug-likeness (QED) is 0.278. The number of anilines is 2. The second-order valence-electron chi connectivity index (χ2n) is 10.6. The van der Waals surface area contributed by atoms with Gasteiger partial charge in [0.2, 0.25) is 5.91 Å². The summed E-state index contributed by atoms with van der Waals surface area (Å²) in [6.45, 7) is 4.05. The Morgan fingerprint density at radius 2 is 1.86 bits per heavy atom. The molecule has 2 fully saturated rings. The fraction of sp³-hybridized carbons (Fsp3) is 0.300. The molecule has 0 bridgehead atoms. The maximum absolute atomic E-state index is 13.0. The van der Waals surface area contributed by atoms with Gasteiger partial charge in [0, 0.05) is 54.4 Å². The zero-order valence-electron chi connectivity index (χ0n) is 22.6. The number of carbonyl (C=O) groups is 2. The number of methoxy groups -OCH3 is 1. The number of aliphatic carboxylic acids is 1. The minimum absolute atomic E-state index is 0.0841. The van der Waals surface area contributed by atoms with E-state index in [1.807, 2.05) is 18.2 Å². The number of aromatic amines is 1. The Kier molecular flexibility index (Phi) is 6.80. The predicted molar refractivity (Wildman–Crippen MR) is 151 cm³/mol. The van der Waals surface area contributed by atoms with Crippen LogP contribution in [-0.4, -0.2) is 66.6 Å². The number of rotatable bonds is 4. The van der Waals surface area contributed by atoms with Gasteiger partial charge in [-0.3, -0.25) is 9.89 Å². The van der Waals surface area contributed by atoms with Crippen LogP contribution in [0.25, 0.3) is 22.2 Å². The summed E-state index contributed by atoms with van der Waals surface area (Å²) in [5, 5.41) is 22.6. The number of aromatic nitrogens is 2. The Labute approximate surface area is 238 Å². The number of piperazine rings is 1. The van der Waals surface area contributed by atoms with Crippen LogP contribution in [0.15, 0.2) is 60.7 Å². The van der Waals surface area contributed by atoms with E-state index in [0.29, 0.717) is 0 Å². The zero-order chi connectivity index (χ0) is 29.6. The highest BCUT2D eigenvalue weighted by Crippen LogP contribution is 2.65. The molecule has 1 aliphatic carbocycles. The van der Waals surface area contributed by atoms with Gasteiger partial charge in [-0.2, -0.15) is 18.3 Å². The first-order valence-electron chi connectivity index (χ1n) is 13.5. The topological polar surface area (TPSA) is 120 Å². The molecule has 3 aliphatic rings. The summed E-state index contributed by atoms with van der Waals surface area (Å²) in [6.07, 6.45) is -4.28. The van der Waals surface area contributed by atoms with Crippen LogP contribution >= 0.6 is 0 Å². The Bertz CT molecular complexity index is 1680. The van der Waals surface area contributed by atoms with E-state index >= 15 is 0 Å². The van der Waals surface area contributed by atoms with Crippen molar-refractivity contribution in [1.82, 2.24) is 15.5 Å². The van der Waals surface area contributed by atoms with E-state index in [1.165, 1.54) is 5.69 Å². The van der Waals surface area contributed by atoms with Gasteiger partial charge in [-0.05, 0) is 53.9 Å². The lowest BCUT2D eigenvalue weighted by atomic mass is 9.91. The Morgan fingerprint density at radius 3 is 2.57 bits per heavy atom. The standard InChI is InChI=1S/C28H27N5O2.C2HF3O2/c1-35-20-6-8-24-22(15-20)28(27(34)30-24)16-23(28)17-5-7-21-25(14-17)31-32-26(21)18-3-2-4-19(13-18)33-11-9-29-10-12-33;3-2(4,5)1(6)7/h2-8,13-15,23,29H,9-12,16H2,1H3,(H,30,34)(H,31,32);(H,6,7). The summed E-state index contributed by atoms with van der Waals surface area (Å²) < 4.78 is 37.2. The van der Waals surface area contributed by atoms with Gasteiger partial charge >= 0.3 is 12.1 Å². The number of hydrogen-bond acceptors (Lipinski definition) is 6. The van der Waals surface area contributed by atoms with Crippen molar-refractivity contribution < 1.29 is 32.6 Å². The van der Waals surface area contributed by atoms with Crippen LogP contribution in [0.5, 0.6) is 5.75 Å². The molecule has 1 saturated carbocycles. The average Bonchev–Trinajstić information content (AvgIpc) is 3.51. The lowest BCUT2D eigenvalue weighted by Gasteiger charge is -2.29. The van der Waals surface area contributed by atoms with Crippen LogP contribution in [0, 0.1) is 0 Å². The van der Waals surface area contributed by atoms with Crippen molar-refractivity contribution in [3.63, 3.8) is 0 Å². The first-order chi connectivity index (χ1) is 20.1. The van der Waals surface area contributed by atoms with Gasteiger partial charge in [0.25, 0.3) is 0 Å². The van der Waals surface area contributed by atoms with E-state index in [-0.39, 0.29) is 11.8 Å². The molecule has 1 saturated heterocycles. The number of H-pyrrole nitrogens is 1. The minimum Gasteiger partial charge on any atom is -0.497 e. The van der Waals surface area contributed by atoms with E-state index in [1.54, 1.807) is 7.11 Å². The van der Waals surface area contributed by atoms with Crippen LogP contribution in [0.1, 0.15) is 23.5 Å². The smallest absolute Gasteiger partial charge is 0.490 e. The van der Waals surface area contributed by atoms with E-state index < -0.39 is 17.6 Å². The molecule has 218 valence electrons. The van der Waals surface area contributed by atoms with Gasteiger partial charge in [-0.15, -0.1) is 0 Å². The van der Waals surface area contributed by atoms with E-state index in [4.69, 9.17) is 14.6 Å². The van der Waals surface area contributed by atoms with Gasteiger partial charge in [0.05, 0.1) is 23.7 Å². The second kappa shape index (κ2) is 10.4. The molecule has 3 heterocycles. The molecule has 1 amide bonds. The van der Waals surface area contributed by atoms with Gasteiger partial charge in [0.1, 0.15) is 5.75 Å². The van der Waals surface area contributed by atoms with Crippen LogP contribution in [0.4, 0.5) is 24.5 Å². The third-order valence-electron chi connectivity index (χ3n) is 8.16. The van der Waals surface area contributed by atoms with Gasteiger partial charge in [-0.1, -0.05) is 24.3 Å². The van der Waals surface area contributed by atoms with Crippen molar-refractivity contribution in [2.24, 2.45) is 0 Å². The Balaban J connectivity index is 0.000000405. The number of carbonyl (C=O) groups excluding carboxylic acids is 1. The van der Waals surface area contributed by atoms with Crippen molar-refractivity contribution in [3.8, 4) is 17.0 Å². The monoisotopic (exact) mass is 579 g/mol. The van der Waals surface area contributed by atoms with Crippen LogP contribution in [-0.2, 0) is 15.0 Å². The number of alkyl halides is 3. The fourth-order valence-corrected chi connectivity index (χ4v) is 5.95. The third kappa shape index (κ3) is 4.81. The molecule has 9 nitrogen and oxygen atoms in total. The normalized spacial score (nSPS) is 21.0. The number of halogens is 3. The number of nitrogens with one attached hydrogen (secondary N) is 3. The summed E-state index contributed by atoms with van der Waals surface area (Å²) in [7, 11) is 1.66. The van der Waals surface area contributed by atoms with Gasteiger partial charge in [-0.25, -0.2) is 4.79 Å². The van der Waals surface area contributed by atoms with Crippen LogP contribution in [0.3, 0.4) is 0 Å². The highest BCUT2D eigenvalue weighted by Gasteiger charge is 2.65. The van der Waals surface area contributed by atoms with E-state index in [9.17, 15) is 18.0 Å². The van der Waals surface area contributed by atoms with Gasteiger partial charge < -0.3 is 25.4 Å². The number of carboxylic acids is 1. The van der Waals surface area contributed by atoms with Gasteiger partial charge in [0.15, 0.2) is 0 Å². The van der Waals surface area contributed by atoms with Crippen LogP contribution in [0.2, 0.25) is 0 Å². The lowest BCUT2D eigenvalue weighted by molar-refractivity contribution is -0.192. The molecular formula is C30H28F3N5O4. The van der Waals surface area contributed by atoms with E-state index in [0.717, 1.165) is 77.3 Å². The highest BCUT2D eigenvalue weighted by atomic mass is 19.4. The Morgan fingerprint density at radius 1 is 1.10 bits per heavy atom. The summed E-state index contributed by atoms with van der Waals surface area (Å²) in [5.74, 6) is -1.75. The molecule has 4 N–H and O–H groups in total. The number of benzene rings is 3. The number of amides is 1. The third-order valence-corrected chi connectivity index (χ3v) is 8.16. The lowest BCUT2D eigenvalue weighted by Crippen LogP contribution is -2.43. The van der Waals surface area contributed by atoms with Crippen molar-refractivity contribution >= 4 is 34.2 Å². The van der Waals surface area contributed by atoms with Crippen molar-refractivity contribution in [2.75, 3.05) is 43.5 Å². The van der Waals surface area contributed by atoms with E-state index in [2.05, 4.69) is 68.2 Å². The molecule has 2 unspecified atom stereocenters. The first kappa shape index (κ1) is 27.6. The maximum atomic E-state index is 13.0. The molecule has 4 aromatic rings. The molecule has 1 spiro atoms. The number of carboxylic acid groups (broad SMARTS) is 1.